The summed E-state index contributed by atoms with van der Waals surface area (Å²) in [6.07, 6.45) is 2.78. The van der Waals surface area contributed by atoms with Crippen molar-refractivity contribution in [2.45, 2.75) is 32.9 Å². The van der Waals surface area contributed by atoms with Gasteiger partial charge in [0.25, 0.3) is 5.91 Å². The third kappa shape index (κ3) is 3.37. The van der Waals surface area contributed by atoms with E-state index < -0.39 is 6.10 Å². The summed E-state index contributed by atoms with van der Waals surface area (Å²) < 4.78 is 7.47. The Morgan fingerprint density at radius 2 is 1.92 bits per heavy atom. The Morgan fingerprint density at radius 3 is 2.62 bits per heavy atom. The zero-order valence-corrected chi connectivity index (χ0v) is 13.9. The van der Waals surface area contributed by atoms with Gasteiger partial charge in [-0.2, -0.15) is 5.10 Å². The van der Waals surface area contributed by atoms with Gasteiger partial charge in [0.2, 0.25) is 0 Å². The van der Waals surface area contributed by atoms with Crippen LogP contribution in [0.3, 0.4) is 0 Å². The Labute approximate surface area is 140 Å². The van der Waals surface area contributed by atoms with Gasteiger partial charge in [0.05, 0.1) is 18.1 Å². The predicted octanol–water partition coefficient (Wildman–Crippen LogP) is 3.42. The average Bonchev–Trinajstić information content (AvgIpc) is 2.99. The van der Waals surface area contributed by atoms with E-state index >= 15 is 0 Å². The molecule has 0 saturated heterocycles. The lowest BCUT2D eigenvalue weighted by Gasteiger charge is -2.14. The minimum Gasteiger partial charge on any atom is -0.481 e. The molecule has 2 heterocycles. The molecular formula is C18H20N4O2. The first-order valence-corrected chi connectivity index (χ1v) is 7.90. The molecule has 0 saturated carbocycles. The highest BCUT2D eigenvalue weighted by Gasteiger charge is 2.16. The van der Waals surface area contributed by atoms with E-state index in [1.165, 1.54) is 0 Å². The van der Waals surface area contributed by atoms with Crippen LogP contribution < -0.4 is 10.1 Å². The second-order valence-electron chi connectivity index (χ2n) is 5.88. The van der Waals surface area contributed by atoms with Crippen LogP contribution in [0.1, 0.15) is 26.8 Å². The summed E-state index contributed by atoms with van der Waals surface area (Å²) in [4.78, 5) is 16.7. The van der Waals surface area contributed by atoms with E-state index in [0.29, 0.717) is 11.4 Å². The predicted molar refractivity (Wildman–Crippen MR) is 93.1 cm³/mol. The van der Waals surface area contributed by atoms with Crippen molar-refractivity contribution in [3.8, 4) is 5.75 Å². The molecule has 0 bridgehead atoms. The second kappa shape index (κ2) is 6.70. The van der Waals surface area contributed by atoms with Gasteiger partial charge in [-0.05, 0) is 39.0 Å². The van der Waals surface area contributed by atoms with E-state index in [0.717, 1.165) is 11.0 Å². The van der Waals surface area contributed by atoms with Crippen LogP contribution in [0.25, 0.3) is 11.0 Å². The molecule has 0 aliphatic heterocycles. The molecule has 24 heavy (non-hydrogen) atoms. The molecule has 124 valence electrons. The van der Waals surface area contributed by atoms with Gasteiger partial charge in [-0.1, -0.05) is 18.2 Å². The van der Waals surface area contributed by atoms with Crippen LogP contribution >= 0.6 is 0 Å². The first-order chi connectivity index (χ1) is 11.5. The Balaban J connectivity index is 1.71. The highest BCUT2D eigenvalue weighted by molar-refractivity contribution is 5.95. The lowest BCUT2D eigenvalue weighted by atomic mass is 10.3. The molecule has 0 aliphatic rings. The number of nitrogens with zero attached hydrogens (tertiary/aromatic N) is 3. The minimum atomic E-state index is -0.610. The summed E-state index contributed by atoms with van der Waals surface area (Å²) in [7, 11) is 0. The first-order valence-electron chi connectivity index (χ1n) is 7.90. The summed E-state index contributed by atoms with van der Waals surface area (Å²) in [6, 6.07) is 11.4. The third-order valence-electron chi connectivity index (χ3n) is 3.62. The molecule has 3 aromatic rings. The molecule has 2 aromatic heterocycles. The highest BCUT2D eigenvalue weighted by atomic mass is 16.5. The number of ether oxygens (including phenoxy) is 1. The van der Waals surface area contributed by atoms with Crippen molar-refractivity contribution < 1.29 is 9.53 Å². The summed E-state index contributed by atoms with van der Waals surface area (Å²) >= 11 is 0. The van der Waals surface area contributed by atoms with Gasteiger partial charge >= 0.3 is 0 Å². The molecule has 1 aromatic carbocycles. The molecule has 1 atom stereocenters. The van der Waals surface area contributed by atoms with Crippen molar-refractivity contribution in [1.29, 1.82) is 0 Å². The zero-order chi connectivity index (χ0) is 17.1. The van der Waals surface area contributed by atoms with Crippen LogP contribution in [0, 0.1) is 0 Å². The van der Waals surface area contributed by atoms with Crippen LogP contribution in [-0.4, -0.2) is 26.8 Å². The monoisotopic (exact) mass is 324 g/mol. The second-order valence-corrected chi connectivity index (χ2v) is 5.88. The average molecular weight is 324 g/mol. The summed E-state index contributed by atoms with van der Waals surface area (Å²) in [5.41, 5.74) is 1.43. The van der Waals surface area contributed by atoms with E-state index in [1.807, 2.05) is 54.9 Å². The molecule has 1 N–H and O–H groups in total. The van der Waals surface area contributed by atoms with Gasteiger partial charge in [-0.15, -0.1) is 0 Å². The molecule has 6 heteroatoms. The number of rotatable bonds is 5. The number of pyridine rings is 1. The molecule has 0 spiro atoms. The standard InChI is InChI=1S/C18H20N4O2/c1-12(2)22-17-14(10-20-22)9-15(11-19-17)21-18(23)13(3)24-16-7-5-4-6-8-16/h4-13H,1-3H3,(H,21,23)/t13-/m1/s1. The van der Waals surface area contributed by atoms with Gasteiger partial charge in [0.15, 0.2) is 11.8 Å². The number of para-hydroxylation sites is 1. The van der Waals surface area contributed by atoms with E-state index in [1.54, 1.807) is 19.3 Å². The minimum absolute atomic E-state index is 0.226. The van der Waals surface area contributed by atoms with Crippen molar-refractivity contribution in [2.75, 3.05) is 5.32 Å². The fourth-order valence-electron chi connectivity index (χ4n) is 2.39. The van der Waals surface area contributed by atoms with E-state index in [9.17, 15) is 4.79 Å². The third-order valence-corrected chi connectivity index (χ3v) is 3.62. The summed E-state index contributed by atoms with van der Waals surface area (Å²) in [5.74, 6) is 0.434. The van der Waals surface area contributed by atoms with E-state index in [4.69, 9.17) is 4.74 Å². The highest BCUT2D eigenvalue weighted by Crippen LogP contribution is 2.19. The molecule has 6 nitrogen and oxygen atoms in total. The largest absolute Gasteiger partial charge is 0.481 e. The Bertz CT molecular complexity index is 843. The van der Waals surface area contributed by atoms with Crippen LogP contribution in [0.2, 0.25) is 0 Å². The molecular weight excluding hydrogens is 304 g/mol. The number of amides is 1. The molecule has 0 unspecified atom stereocenters. The van der Waals surface area contributed by atoms with Gasteiger partial charge < -0.3 is 10.1 Å². The Hall–Kier alpha value is -2.89. The quantitative estimate of drug-likeness (QED) is 0.781. The van der Waals surface area contributed by atoms with Crippen molar-refractivity contribution >= 4 is 22.6 Å². The zero-order valence-electron chi connectivity index (χ0n) is 13.9. The van der Waals surface area contributed by atoms with Gasteiger partial charge in [-0.25, -0.2) is 9.67 Å². The molecule has 1 amide bonds. The Kier molecular flexibility index (Phi) is 4.46. The van der Waals surface area contributed by atoms with Crippen molar-refractivity contribution in [3.05, 3.63) is 48.8 Å². The van der Waals surface area contributed by atoms with Crippen LogP contribution in [0.15, 0.2) is 48.8 Å². The number of fused-ring (bicyclic) bond motifs is 1. The number of carbonyl (C=O) groups is 1. The topological polar surface area (TPSA) is 69.0 Å². The van der Waals surface area contributed by atoms with E-state index in [-0.39, 0.29) is 11.9 Å². The van der Waals surface area contributed by atoms with Crippen molar-refractivity contribution in [2.24, 2.45) is 0 Å². The summed E-state index contributed by atoms with van der Waals surface area (Å²) in [6.45, 7) is 5.81. The SMILES string of the molecule is CC(C)n1ncc2cc(NC(=O)[C@@H](C)Oc3ccccc3)cnc21. The number of anilines is 1. The lowest BCUT2D eigenvalue weighted by molar-refractivity contribution is -0.122. The normalized spacial score (nSPS) is 12.3. The van der Waals surface area contributed by atoms with Crippen LogP contribution in [0.4, 0.5) is 5.69 Å². The number of hydrogen-bond donors (Lipinski definition) is 1. The van der Waals surface area contributed by atoms with E-state index in [2.05, 4.69) is 15.4 Å². The number of benzene rings is 1. The van der Waals surface area contributed by atoms with Crippen molar-refractivity contribution in [3.63, 3.8) is 0 Å². The van der Waals surface area contributed by atoms with Crippen LogP contribution in [0.5, 0.6) is 5.75 Å². The Morgan fingerprint density at radius 1 is 1.17 bits per heavy atom. The molecule has 3 rings (SSSR count). The number of carbonyl (C=O) groups excluding carboxylic acids is 1. The maximum absolute atomic E-state index is 12.3. The van der Waals surface area contributed by atoms with Gasteiger partial charge in [0.1, 0.15) is 5.75 Å². The fraction of sp³-hybridized carbons (Fsp3) is 0.278. The fourth-order valence-corrected chi connectivity index (χ4v) is 2.39. The molecule has 0 fully saturated rings. The van der Waals surface area contributed by atoms with Gasteiger partial charge in [-0.3, -0.25) is 4.79 Å². The first kappa shape index (κ1) is 16.0. The number of nitrogens with one attached hydrogen (secondary N) is 1. The smallest absolute Gasteiger partial charge is 0.265 e. The molecule has 0 radical (unpaired) electrons. The van der Waals surface area contributed by atoms with Crippen molar-refractivity contribution in [1.82, 2.24) is 14.8 Å². The maximum Gasteiger partial charge on any atom is 0.265 e. The lowest BCUT2D eigenvalue weighted by Crippen LogP contribution is -2.30. The maximum atomic E-state index is 12.3. The number of aromatic nitrogens is 3. The number of hydrogen-bond acceptors (Lipinski definition) is 4. The van der Waals surface area contributed by atoms with Gasteiger partial charge in [0, 0.05) is 11.4 Å². The van der Waals surface area contributed by atoms with Crippen LogP contribution in [-0.2, 0) is 4.79 Å². The summed E-state index contributed by atoms with van der Waals surface area (Å²) in [5, 5.41) is 8.04. The molecule has 0 aliphatic carbocycles.